The van der Waals surface area contributed by atoms with E-state index in [9.17, 15) is 0 Å². The molecule has 0 radical (unpaired) electrons. The molecular weight excluding hydrogens is 405 g/mol. The van der Waals surface area contributed by atoms with E-state index < -0.39 is 0 Å². The molecule has 3 rings (SSSR count). The van der Waals surface area contributed by atoms with Crippen molar-refractivity contribution in [3.05, 3.63) is 23.8 Å². The zero-order valence-corrected chi connectivity index (χ0v) is 16.2. The van der Waals surface area contributed by atoms with Gasteiger partial charge in [-0.25, -0.2) is 4.99 Å². The number of ether oxygens (including phenoxy) is 2. The third-order valence-electron chi connectivity index (χ3n) is 4.14. The largest absolute Gasteiger partial charge is 0.454 e. The number of aliphatic imine (C=N–C) groups is 1. The fraction of sp³-hybridized carbons (Fsp3) is 0.588. The van der Waals surface area contributed by atoms with Gasteiger partial charge in [0.1, 0.15) is 0 Å². The maximum absolute atomic E-state index is 5.43. The summed E-state index contributed by atoms with van der Waals surface area (Å²) in [6, 6.07) is 6.04. The van der Waals surface area contributed by atoms with Crippen LogP contribution in [0.15, 0.2) is 23.2 Å². The van der Waals surface area contributed by atoms with Crippen LogP contribution in [0.3, 0.4) is 0 Å². The number of fused-ring (bicyclic) bond motifs is 1. The molecule has 1 aromatic rings. The van der Waals surface area contributed by atoms with Gasteiger partial charge in [0.2, 0.25) is 6.79 Å². The Labute approximate surface area is 155 Å². The lowest BCUT2D eigenvalue weighted by Crippen LogP contribution is -2.46. The van der Waals surface area contributed by atoms with Gasteiger partial charge in [-0.2, -0.15) is 0 Å². The summed E-state index contributed by atoms with van der Waals surface area (Å²) in [6.45, 7) is 8.48. The van der Waals surface area contributed by atoms with E-state index in [-0.39, 0.29) is 24.0 Å². The van der Waals surface area contributed by atoms with Crippen molar-refractivity contribution in [1.82, 2.24) is 10.2 Å². The van der Waals surface area contributed by atoms with Gasteiger partial charge in [-0.05, 0) is 43.4 Å². The summed E-state index contributed by atoms with van der Waals surface area (Å²) in [5.41, 5.74) is 1.14. The molecule has 1 fully saturated rings. The minimum absolute atomic E-state index is 0. The third-order valence-corrected chi connectivity index (χ3v) is 4.14. The zero-order chi connectivity index (χ0) is 15.4. The van der Waals surface area contributed by atoms with Crippen molar-refractivity contribution in [1.29, 1.82) is 0 Å². The molecule has 6 heteroatoms. The Kier molecular flexibility index (Phi) is 6.80. The van der Waals surface area contributed by atoms with E-state index in [0.717, 1.165) is 48.6 Å². The van der Waals surface area contributed by atoms with E-state index in [1.807, 2.05) is 12.1 Å². The second kappa shape index (κ2) is 8.61. The van der Waals surface area contributed by atoms with Crippen LogP contribution >= 0.6 is 24.0 Å². The summed E-state index contributed by atoms with van der Waals surface area (Å²) in [6.07, 6.45) is 2.56. The molecule has 0 aliphatic carbocycles. The smallest absolute Gasteiger partial charge is 0.231 e. The number of guanidine groups is 1. The normalized spacial score (nSPS) is 20.2. The summed E-state index contributed by atoms with van der Waals surface area (Å²) in [5.74, 6) is 3.41. The number of hydrogen-bond acceptors (Lipinski definition) is 3. The maximum atomic E-state index is 5.43. The van der Waals surface area contributed by atoms with Gasteiger partial charge < -0.3 is 19.7 Å². The third kappa shape index (κ3) is 4.65. The molecule has 0 aromatic heterocycles. The molecule has 0 bridgehead atoms. The second-order valence-electron chi connectivity index (χ2n) is 6.05. The van der Waals surface area contributed by atoms with Gasteiger partial charge in [0, 0.05) is 19.6 Å². The van der Waals surface area contributed by atoms with Crippen molar-refractivity contribution in [2.75, 3.05) is 26.4 Å². The van der Waals surface area contributed by atoms with Crippen LogP contribution in [-0.2, 0) is 6.54 Å². The lowest BCUT2D eigenvalue weighted by molar-refractivity contribution is 0.174. The zero-order valence-electron chi connectivity index (χ0n) is 13.9. The highest BCUT2D eigenvalue weighted by molar-refractivity contribution is 14.0. The minimum Gasteiger partial charge on any atom is -0.454 e. The highest BCUT2D eigenvalue weighted by Crippen LogP contribution is 2.32. The first-order valence-corrected chi connectivity index (χ1v) is 8.18. The number of halogens is 1. The number of likely N-dealkylation sites (tertiary alicyclic amines) is 1. The number of hydrogen-bond donors (Lipinski definition) is 1. The van der Waals surface area contributed by atoms with Crippen molar-refractivity contribution in [3.8, 4) is 11.5 Å². The van der Waals surface area contributed by atoms with Gasteiger partial charge in [-0.1, -0.05) is 13.0 Å². The minimum atomic E-state index is 0. The molecule has 0 amide bonds. The summed E-state index contributed by atoms with van der Waals surface area (Å²) >= 11 is 0. The van der Waals surface area contributed by atoms with Crippen LogP contribution in [0.5, 0.6) is 11.5 Å². The average molecular weight is 431 g/mol. The molecule has 1 atom stereocenters. The molecule has 5 nitrogen and oxygen atoms in total. The molecule has 0 saturated carbocycles. The number of nitrogens with zero attached hydrogens (tertiary/aromatic N) is 2. The predicted molar refractivity (Wildman–Crippen MR) is 103 cm³/mol. The lowest BCUT2D eigenvalue weighted by atomic mass is 10.0. The number of benzene rings is 1. The Bertz CT molecular complexity index is 551. The number of nitrogens with one attached hydrogen (secondary N) is 1. The number of rotatable bonds is 3. The molecule has 2 aliphatic heterocycles. The fourth-order valence-electron chi connectivity index (χ4n) is 3.01. The lowest BCUT2D eigenvalue weighted by Gasteiger charge is -2.33. The molecule has 1 N–H and O–H groups in total. The van der Waals surface area contributed by atoms with Gasteiger partial charge >= 0.3 is 0 Å². The van der Waals surface area contributed by atoms with Crippen LogP contribution in [0.2, 0.25) is 0 Å². The Morgan fingerprint density at radius 1 is 1.35 bits per heavy atom. The van der Waals surface area contributed by atoms with E-state index in [2.05, 4.69) is 30.1 Å². The molecule has 1 unspecified atom stereocenters. The van der Waals surface area contributed by atoms with E-state index in [1.54, 1.807) is 0 Å². The van der Waals surface area contributed by atoms with Gasteiger partial charge in [0.25, 0.3) is 0 Å². The summed E-state index contributed by atoms with van der Waals surface area (Å²) < 4.78 is 10.8. The average Bonchev–Trinajstić information content (AvgIpc) is 2.99. The SMILES string of the molecule is CCNC(=NCc1ccc2c(c1)OCO2)N1CCCC(C)C1.I. The predicted octanol–water partition coefficient (Wildman–Crippen LogP) is 3.23. The highest BCUT2D eigenvalue weighted by Gasteiger charge is 2.19. The molecule has 1 aromatic carbocycles. The van der Waals surface area contributed by atoms with Crippen molar-refractivity contribution < 1.29 is 9.47 Å². The quantitative estimate of drug-likeness (QED) is 0.454. The van der Waals surface area contributed by atoms with Crippen LogP contribution in [0.25, 0.3) is 0 Å². The molecular formula is C17H26IN3O2. The summed E-state index contributed by atoms with van der Waals surface area (Å²) in [5, 5.41) is 3.42. The van der Waals surface area contributed by atoms with Gasteiger partial charge in [-0.15, -0.1) is 24.0 Å². The van der Waals surface area contributed by atoms with E-state index >= 15 is 0 Å². The second-order valence-corrected chi connectivity index (χ2v) is 6.05. The van der Waals surface area contributed by atoms with Crippen molar-refractivity contribution in [2.45, 2.75) is 33.2 Å². The Morgan fingerprint density at radius 2 is 2.17 bits per heavy atom. The van der Waals surface area contributed by atoms with Crippen molar-refractivity contribution in [3.63, 3.8) is 0 Å². The summed E-state index contributed by atoms with van der Waals surface area (Å²) in [7, 11) is 0. The van der Waals surface area contributed by atoms with E-state index in [0.29, 0.717) is 13.3 Å². The maximum Gasteiger partial charge on any atom is 0.231 e. The van der Waals surface area contributed by atoms with E-state index in [1.165, 1.54) is 12.8 Å². The molecule has 2 aliphatic rings. The number of piperidine rings is 1. The Morgan fingerprint density at radius 3 is 2.96 bits per heavy atom. The van der Waals surface area contributed by atoms with Gasteiger partial charge in [0.05, 0.1) is 6.54 Å². The monoisotopic (exact) mass is 431 g/mol. The standard InChI is InChI=1S/C17H25N3O2.HI/c1-3-18-17(20-8-4-5-13(2)11-20)19-10-14-6-7-15-16(9-14)22-12-21-15;/h6-7,9,13H,3-5,8,10-12H2,1-2H3,(H,18,19);1H. The Balaban J connectivity index is 0.00000192. The first kappa shape index (κ1) is 18.2. The summed E-state index contributed by atoms with van der Waals surface area (Å²) in [4.78, 5) is 7.18. The first-order valence-electron chi connectivity index (χ1n) is 8.18. The van der Waals surface area contributed by atoms with Crippen LogP contribution in [0.4, 0.5) is 0 Å². The molecule has 23 heavy (non-hydrogen) atoms. The highest BCUT2D eigenvalue weighted by atomic mass is 127. The Hall–Kier alpha value is -1.18. The van der Waals surface area contributed by atoms with Crippen LogP contribution in [0, 0.1) is 5.92 Å². The van der Waals surface area contributed by atoms with Crippen LogP contribution in [-0.4, -0.2) is 37.3 Å². The fourth-order valence-corrected chi connectivity index (χ4v) is 3.01. The van der Waals surface area contributed by atoms with Crippen molar-refractivity contribution in [2.24, 2.45) is 10.9 Å². The van der Waals surface area contributed by atoms with Gasteiger partial charge in [-0.3, -0.25) is 0 Å². The molecule has 1 saturated heterocycles. The van der Waals surface area contributed by atoms with Crippen LogP contribution in [0.1, 0.15) is 32.3 Å². The molecule has 2 heterocycles. The molecule has 128 valence electrons. The van der Waals surface area contributed by atoms with E-state index in [4.69, 9.17) is 14.5 Å². The van der Waals surface area contributed by atoms with Crippen molar-refractivity contribution >= 4 is 29.9 Å². The molecule has 0 spiro atoms. The first-order chi connectivity index (χ1) is 10.8. The van der Waals surface area contributed by atoms with Crippen LogP contribution < -0.4 is 14.8 Å². The van der Waals surface area contributed by atoms with Gasteiger partial charge in [0.15, 0.2) is 17.5 Å². The topological polar surface area (TPSA) is 46.1 Å².